The molecule has 7 nitrogen and oxygen atoms in total. The molecule has 1 aliphatic heterocycles. The Bertz CT molecular complexity index is 868. The maximum atomic E-state index is 9.98. The predicted molar refractivity (Wildman–Crippen MR) is 89.3 cm³/mol. The first-order chi connectivity index (χ1) is 11.2. The molecule has 0 saturated carbocycles. The van der Waals surface area contributed by atoms with E-state index in [0.717, 1.165) is 53.9 Å². The highest BCUT2D eigenvalue weighted by Crippen LogP contribution is 2.37. The summed E-state index contributed by atoms with van der Waals surface area (Å²) >= 11 is 0. The molecule has 2 N–H and O–H groups in total. The Morgan fingerprint density at radius 3 is 2.70 bits per heavy atom. The number of benzene rings is 1. The number of phenols is 1. The van der Waals surface area contributed by atoms with Gasteiger partial charge in [-0.15, -0.1) is 0 Å². The Labute approximate surface area is 133 Å². The van der Waals surface area contributed by atoms with Crippen LogP contribution >= 0.6 is 0 Å². The molecule has 4 rings (SSSR count). The Morgan fingerprint density at radius 1 is 1.17 bits per heavy atom. The summed E-state index contributed by atoms with van der Waals surface area (Å²) < 4.78 is 5.25. The summed E-state index contributed by atoms with van der Waals surface area (Å²) in [4.78, 5) is 16.7. The fourth-order valence-corrected chi connectivity index (χ4v) is 3.15. The van der Waals surface area contributed by atoms with Crippen molar-refractivity contribution in [2.24, 2.45) is 0 Å². The third kappa shape index (κ3) is 2.24. The third-order valence-corrected chi connectivity index (χ3v) is 4.47. The van der Waals surface area contributed by atoms with Gasteiger partial charge in [0, 0.05) is 37.6 Å². The van der Waals surface area contributed by atoms with Gasteiger partial charge in [-0.1, -0.05) is 0 Å². The van der Waals surface area contributed by atoms with Crippen LogP contribution in [0.5, 0.6) is 11.5 Å². The first-order valence-electron chi connectivity index (χ1n) is 7.64. The van der Waals surface area contributed by atoms with Crippen LogP contribution < -0.4 is 9.64 Å². The van der Waals surface area contributed by atoms with E-state index < -0.39 is 0 Å². The summed E-state index contributed by atoms with van der Waals surface area (Å²) in [7, 11) is 3.68. The molecular formula is C16H19N5O2. The number of ether oxygens (including phenoxy) is 1. The van der Waals surface area contributed by atoms with Crippen LogP contribution in [0.4, 0.5) is 5.82 Å². The van der Waals surface area contributed by atoms with Crippen LogP contribution in [0.3, 0.4) is 0 Å². The van der Waals surface area contributed by atoms with E-state index in [9.17, 15) is 5.11 Å². The van der Waals surface area contributed by atoms with Crippen LogP contribution in [-0.2, 0) is 0 Å². The minimum atomic E-state index is 0.112. The van der Waals surface area contributed by atoms with Gasteiger partial charge in [-0.25, -0.2) is 9.97 Å². The average Bonchev–Trinajstić information content (AvgIpc) is 2.92. The van der Waals surface area contributed by atoms with Gasteiger partial charge >= 0.3 is 0 Å². The number of nitrogens with zero attached hydrogens (tertiary/aromatic N) is 4. The van der Waals surface area contributed by atoms with E-state index in [1.165, 1.54) is 0 Å². The standard InChI is InChI=1S/C16H19N5O2/c1-20-3-5-21(6-4-20)16-14-10-7-13(23-2)12(22)8-11(10)19-15(14)17-9-18-16/h7-9,22H,3-6H2,1-2H3,(H,17,18,19). The number of H-pyrrole nitrogens is 1. The molecule has 1 aromatic carbocycles. The second kappa shape index (κ2) is 5.27. The highest BCUT2D eigenvalue weighted by Gasteiger charge is 2.21. The largest absolute Gasteiger partial charge is 0.504 e. The molecule has 0 bridgehead atoms. The van der Waals surface area contributed by atoms with Gasteiger partial charge in [0.1, 0.15) is 17.8 Å². The molecule has 2 aromatic heterocycles. The summed E-state index contributed by atoms with van der Waals surface area (Å²) in [6, 6.07) is 3.51. The van der Waals surface area contributed by atoms with Crippen molar-refractivity contribution in [2.75, 3.05) is 45.2 Å². The van der Waals surface area contributed by atoms with Gasteiger partial charge in [-0.2, -0.15) is 0 Å². The lowest BCUT2D eigenvalue weighted by atomic mass is 10.1. The maximum Gasteiger partial charge on any atom is 0.161 e. The number of fused-ring (bicyclic) bond motifs is 3. The summed E-state index contributed by atoms with van der Waals surface area (Å²) in [5, 5.41) is 11.9. The summed E-state index contributed by atoms with van der Waals surface area (Å²) in [5.41, 5.74) is 1.60. The lowest BCUT2D eigenvalue weighted by Gasteiger charge is -2.33. The molecule has 1 saturated heterocycles. The summed E-state index contributed by atoms with van der Waals surface area (Å²) in [6.45, 7) is 3.89. The number of likely N-dealkylation sites (N-methyl/N-ethyl adjacent to an activating group) is 1. The van der Waals surface area contributed by atoms with Gasteiger partial charge in [-0.05, 0) is 13.1 Å². The van der Waals surface area contributed by atoms with Gasteiger partial charge in [0.15, 0.2) is 11.5 Å². The van der Waals surface area contributed by atoms with E-state index in [-0.39, 0.29) is 5.75 Å². The van der Waals surface area contributed by atoms with Crippen LogP contribution in [0.1, 0.15) is 0 Å². The number of piperazine rings is 1. The van der Waals surface area contributed by atoms with E-state index in [2.05, 4.69) is 31.8 Å². The molecule has 0 radical (unpaired) electrons. The Kier molecular flexibility index (Phi) is 3.23. The number of hydrogen-bond donors (Lipinski definition) is 2. The van der Waals surface area contributed by atoms with Crippen molar-refractivity contribution < 1.29 is 9.84 Å². The number of aromatic hydroxyl groups is 1. The molecule has 0 aliphatic carbocycles. The molecule has 0 unspecified atom stereocenters. The molecule has 120 valence electrons. The highest BCUT2D eigenvalue weighted by atomic mass is 16.5. The van der Waals surface area contributed by atoms with Crippen LogP contribution in [0, 0.1) is 0 Å². The minimum Gasteiger partial charge on any atom is -0.504 e. The number of rotatable bonds is 2. The van der Waals surface area contributed by atoms with Crippen LogP contribution in [0.25, 0.3) is 21.9 Å². The Hall–Kier alpha value is -2.54. The molecule has 7 heteroatoms. The second-order valence-electron chi connectivity index (χ2n) is 5.91. The first-order valence-corrected chi connectivity index (χ1v) is 7.64. The Morgan fingerprint density at radius 2 is 1.96 bits per heavy atom. The predicted octanol–water partition coefficient (Wildman–Crippen LogP) is 1.58. The van der Waals surface area contributed by atoms with E-state index in [0.29, 0.717) is 5.75 Å². The summed E-state index contributed by atoms with van der Waals surface area (Å²) in [6.07, 6.45) is 1.59. The topological polar surface area (TPSA) is 77.5 Å². The van der Waals surface area contributed by atoms with E-state index in [1.54, 1.807) is 19.5 Å². The fourth-order valence-electron chi connectivity index (χ4n) is 3.15. The van der Waals surface area contributed by atoms with Crippen molar-refractivity contribution in [3.63, 3.8) is 0 Å². The SMILES string of the molecule is COc1cc2c(cc1O)[nH]c1ncnc(N3CCN(C)CC3)c12. The number of phenolic OH excluding ortho intramolecular Hbond substituents is 1. The zero-order valence-corrected chi connectivity index (χ0v) is 13.2. The number of aromatic amines is 1. The van der Waals surface area contributed by atoms with E-state index >= 15 is 0 Å². The fraction of sp³-hybridized carbons (Fsp3) is 0.375. The van der Waals surface area contributed by atoms with Gasteiger partial charge < -0.3 is 24.6 Å². The molecular weight excluding hydrogens is 294 g/mol. The maximum absolute atomic E-state index is 9.98. The molecule has 0 spiro atoms. The first kappa shape index (κ1) is 14.1. The molecule has 0 atom stereocenters. The normalized spacial score (nSPS) is 16.3. The van der Waals surface area contributed by atoms with Crippen molar-refractivity contribution in [3.05, 3.63) is 18.5 Å². The average molecular weight is 313 g/mol. The lowest BCUT2D eigenvalue weighted by molar-refractivity contribution is 0.312. The van der Waals surface area contributed by atoms with Crippen molar-refractivity contribution >= 4 is 27.8 Å². The molecule has 3 aromatic rings. The lowest BCUT2D eigenvalue weighted by Crippen LogP contribution is -2.44. The zero-order valence-electron chi connectivity index (χ0n) is 13.2. The van der Waals surface area contributed by atoms with Gasteiger partial charge in [0.2, 0.25) is 0 Å². The molecule has 23 heavy (non-hydrogen) atoms. The Balaban J connectivity index is 1.92. The molecule has 0 amide bonds. The van der Waals surface area contributed by atoms with Crippen LogP contribution in [0.15, 0.2) is 18.5 Å². The van der Waals surface area contributed by atoms with Crippen molar-refractivity contribution in [1.82, 2.24) is 19.9 Å². The van der Waals surface area contributed by atoms with Crippen molar-refractivity contribution in [2.45, 2.75) is 0 Å². The molecule has 1 aliphatic rings. The number of methoxy groups -OCH3 is 1. The van der Waals surface area contributed by atoms with Crippen molar-refractivity contribution in [3.8, 4) is 11.5 Å². The minimum absolute atomic E-state index is 0.112. The quantitative estimate of drug-likeness (QED) is 0.748. The van der Waals surface area contributed by atoms with Gasteiger partial charge in [0.25, 0.3) is 0 Å². The van der Waals surface area contributed by atoms with Gasteiger partial charge in [-0.3, -0.25) is 0 Å². The third-order valence-electron chi connectivity index (χ3n) is 4.47. The smallest absolute Gasteiger partial charge is 0.161 e. The number of aromatic nitrogens is 3. The number of anilines is 1. The molecule has 1 fully saturated rings. The zero-order chi connectivity index (χ0) is 16.0. The van der Waals surface area contributed by atoms with Crippen LogP contribution in [0.2, 0.25) is 0 Å². The monoisotopic (exact) mass is 313 g/mol. The summed E-state index contributed by atoms with van der Waals surface area (Å²) in [5.74, 6) is 1.49. The van der Waals surface area contributed by atoms with Crippen molar-refractivity contribution in [1.29, 1.82) is 0 Å². The highest BCUT2D eigenvalue weighted by molar-refractivity contribution is 6.12. The number of hydrogen-bond acceptors (Lipinski definition) is 6. The molecule has 3 heterocycles. The van der Waals surface area contributed by atoms with Crippen LogP contribution in [-0.4, -0.2) is 65.3 Å². The number of nitrogens with one attached hydrogen (secondary N) is 1. The van der Waals surface area contributed by atoms with E-state index in [4.69, 9.17) is 4.74 Å². The second-order valence-corrected chi connectivity index (χ2v) is 5.91. The van der Waals surface area contributed by atoms with E-state index in [1.807, 2.05) is 6.07 Å². The van der Waals surface area contributed by atoms with Gasteiger partial charge in [0.05, 0.1) is 18.0 Å².